The van der Waals surface area contributed by atoms with Crippen molar-refractivity contribution in [1.82, 2.24) is 5.32 Å². The number of nitrogens with one attached hydrogen (secondary N) is 2. The Bertz CT molecular complexity index is 541. The monoisotopic (exact) mass is 325 g/mol. The van der Waals surface area contributed by atoms with Crippen LogP contribution in [0.5, 0.6) is 0 Å². The molecule has 114 valence electrons. The minimum absolute atomic E-state index is 0.306. The molecule has 1 aromatic rings. The summed E-state index contributed by atoms with van der Waals surface area (Å²) in [6, 6.07) is 6.70. The van der Waals surface area contributed by atoms with E-state index in [-0.39, 0.29) is 6.03 Å². The van der Waals surface area contributed by atoms with Gasteiger partial charge in [0.25, 0.3) is 0 Å². The molecule has 6 heteroatoms. The molecule has 0 saturated heterocycles. The van der Waals surface area contributed by atoms with Gasteiger partial charge in [-0.1, -0.05) is 36.8 Å². The number of thiocarbonyl (C=S) groups is 1. The number of halogens is 1. The van der Waals surface area contributed by atoms with Crippen LogP contribution in [0.15, 0.2) is 24.3 Å². The fourth-order valence-electron chi connectivity index (χ4n) is 2.63. The molecule has 1 aliphatic rings. The van der Waals surface area contributed by atoms with E-state index >= 15 is 0 Å². The number of urea groups is 1. The molecule has 4 nitrogen and oxygen atoms in total. The summed E-state index contributed by atoms with van der Waals surface area (Å²) in [6.07, 6.45) is 3.59. The summed E-state index contributed by atoms with van der Waals surface area (Å²) in [5, 5.41) is 6.30. The minimum atomic E-state index is -0.579. The second-order valence-corrected chi connectivity index (χ2v) is 6.59. The fourth-order valence-corrected chi connectivity index (χ4v) is 3.08. The molecular weight excluding hydrogens is 306 g/mol. The van der Waals surface area contributed by atoms with Crippen molar-refractivity contribution in [2.75, 3.05) is 5.32 Å². The van der Waals surface area contributed by atoms with E-state index in [1.54, 1.807) is 24.3 Å². The third kappa shape index (κ3) is 4.08. The Hall–Kier alpha value is -1.33. The summed E-state index contributed by atoms with van der Waals surface area (Å²) in [5.74, 6) is 0.644. The predicted molar refractivity (Wildman–Crippen MR) is 90.8 cm³/mol. The Balaban J connectivity index is 2.04. The SMILES string of the molecule is CC1CCC(NC(=O)Nc2cccc(Cl)c2)(C(N)=S)CC1. The van der Waals surface area contributed by atoms with Gasteiger partial charge in [0.05, 0.1) is 10.5 Å². The van der Waals surface area contributed by atoms with Crippen LogP contribution in [-0.2, 0) is 0 Å². The molecule has 0 aromatic heterocycles. The van der Waals surface area contributed by atoms with E-state index in [0.717, 1.165) is 25.7 Å². The molecule has 2 amide bonds. The smallest absolute Gasteiger partial charge is 0.320 e. The molecular formula is C15H20ClN3OS. The summed E-state index contributed by atoms with van der Waals surface area (Å²) in [4.78, 5) is 12.6. The van der Waals surface area contributed by atoms with Gasteiger partial charge in [0, 0.05) is 10.7 Å². The van der Waals surface area contributed by atoms with E-state index in [9.17, 15) is 4.79 Å². The lowest BCUT2D eigenvalue weighted by Gasteiger charge is -2.39. The van der Waals surface area contributed by atoms with Crippen LogP contribution in [0.3, 0.4) is 0 Å². The fraction of sp³-hybridized carbons (Fsp3) is 0.467. The number of hydrogen-bond acceptors (Lipinski definition) is 2. The van der Waals surface area contributed by atoms with E-state index in [2.05, 4.69) is 17.6 Å². The van der Waals surface area contributed by atoms with Crippen molar-refractivity contribution in [3.05, 3.63) is 29.3 Å². The summed E-state index contributed by atoms with van der Waals surface area (Å²) < 4.78 is 0. The maximum Gasteiger partial charge on any atom is 0.320 e. The van der Waals surface area contributed by atoms with Gasteiger partial charge in [0.15, 0.2) is 0 Å². The van der Waals surface area contributed by atoms with Crippen LogP contribution < -0.4 is 16.4 Å². The van der Waals surface area contributed by atoms with Gasteiger partial charge < -0.3 is 16.4 Å². The highest BCUT2D eigenvalue weighted by atomic mass is 35.5. The molecule has 1 aromatic carbocycles. The van der Waals surface area contributed by atoms with Gasteiger partial charge in [0.2, 0.25) is 0 Å². The Morgan fingerprint density at radius 2 is 2.10 bits per heavy atom. The third-order valence-corrected chi connectivity index (χ3v) is 4.66. The molecule has 0 aliphatic heterocycles. The molecule has 21 heavy (non-hydrogen) atoms. The van der Waals surface area contributed by atoms with Gasteiger partial charge in [-0.15, -0.1) is 0 Å². The number of rotatable bonds is 3. The summed E-state index contributed by atoms with van der Waals surface area (Å²) >= 11 is 11.1. The Morgan fingerprint density at radius 1 is 1.43 bits per heavy atom. The van der Waals surface area contributed by atoms with Crippen LogP contribution >= 0.6 is 23.8 Å². The zero-order valence-electron chi connectivity index (χ0n) is 12.0. The molecule has 0 radical (unpaired) electrons. The van der Waals surface area contributed by atoms with Crippen LogP contribution in [-0.4, -0.2) is 16.6 Å². The Kier molecular flexibility index (Phi) is 5.06. The molecule has 0 spiro atoms. The molecule has 1 saturated carbocycles. The van der Waals surface area contributed by atoms with Crippen molar-refractivity contribution in [3.8, 4) is 0 Å². The van der Waals surface area contributed by atoms with Crippen LogP contribution in [0.25, 0.3) is 0 Å². The first-order valence-electron chi connectivity index (χ1n) is 7.06. The standard InChI is InChI=1S/C15H20ClN3OS/c1-10-5-7-15(8-6-10,13(17)21)19-14(20)18-12-4-2-3-11(16)9-12/h2-4,9-10H,5-8H2,1H3,(H2,17,21)(H2,18,19,20). The van der Waals surface area contributed by atoms with Gasteiger partial charge in [-0.25, -0.2) is 4.79 Å². The van der Waals surface area contributed by atoms with E-state index < -0.39 is 5.54 Å². The molecule has 0 bridgehead atoms. The summed E-state index contributed by atoms with van der Waals surface area (Å²) in [7, 11) is 0. The summed E-state index contributed by atoms with van der Waals surface area (Å²) in [6.45, 7) is 2.20. The van der Waals surface area contributed by atoms with Gasteiger partial charge in [-0.2, -0.15) is 0 Å². The Labute approximate surface area is 135 Å². The number of amides is 2. The molecule has 2 rings (SSSR count). The van der Waals surface area contributed by atoms with Crippen LogP contribution in [0.1, 0.15) is 32.6 Å². The number of carbonyl (C=O) groups excluding carboxylic acids is 1. The Morgan fingerprint density at radius 3 is 2.67 bits per heavy atom. The molecule has 1 aliphatic carbocycles. The van der Waals surface area contributed by atoms with E-state index in [1.807, 2.05) is 0 Å². The first-order chi connectivity index (χ1) is 9.91. The maximum atomic E-state index is 12.2. The minimum Gasteiger partial charge on any atom is -0.391 e. The van der Waals surface area contributed by atoms with Crippen LogP contribution in [0.4, 0.5) is 10.5 Å². The second kappa shape index (κ2) is 6.62. The highest BCUT2D eigenvalue weighted by Gasteiger charge is 2.38. The second-order valence-electron chi connectivity index (χ2n) is 5.72. The average Bonchev–Trinajstić information content (AvgIpc) is 2.41. The normalized spacial score (nSPS) is 25.1. The lowest BCUT2D eigenvalue weighted by atomic mass is 9.77. The lowest BCUT2D eigenvalue weighted by Crippen LogP contribution is -2.59. The van der Waals surface area contributed by atoms with Gasteiger partial charge in [-0.3, -0.25) is 0 Å². The highest BCUT2D eigenvalue weighted by molar-refractivity contribution is 7.80. The summed E-state index contributed by atoms with van der Waals surface area (Å²) in [5.41, 5.74) is 5.94. The zero-order valence-corrected chi connectivity index (χ0v) is 13.6. The highest BCUT2D eigenvalue weighted by Crippen LogP contribution is 2.32. The molecule has 1 fully saturated rings. The third-order valence-electron chi connectivity index (χ3n) is 4.03. The molecule has 0 heterocycles. The van der Waals surface area contributed by atoms with Crippen molar-refractivity contribution >= 4 is 40.5 Å². The first-order valence-corrected chi connectivity index (χ1v) is 7.84. The van der Waals surface area contributed by atoms with Crippen molar-refractivity contribution < 1.29 is 4.79 Å². The number of anilines is 1. The molecule has 4 N–H and O–H groups in total. The van der Waals surface area contributed by atoms with Gasteiger partial charge in [-0.05, 0) is 49.8 Å². The first kappa shape index (κ1) is 16.0. The van der Waals surface area contributed by atoms with Gasteiger partial charge >= 0.3 is 6.03 Å². The van der Waals surface area contributed by atoms with E-state index in [1.165, 1.54) is 0 Å². The zero-order chi connectivity index (χ0) is 15.5. The van der Waals surface area contributed by atoms with Crippen molar-refractivity contribution in [1.29, 1.82) is 0 Å². The average molecular weight is 326 g/mol. The molecule has 0 unspecified atom stereocenters. The maximum absolute atomic E-state index is 12.2. The van der Waals surface area contributed by atoms with Crippen LogP contribution in [0.2, 0.25) is 5.02 Å². The van der Waals surface area contributed by atoms with Crippen LogP contribution in [0, 0.1) is 5.92 Å². The largest absolute Gasteiger partial charge is 0.391 e. The van der Waals surface area contributed by atoms with Crippen molar-refractivity contribution in [3.63, 3.8) is 0 Å². The van der Waals surface area contributed by atoms with E-state index in [4.69, 9.17) is 29.6 Å². The number of carbonyl (C=O) groups is 1. The topological polar surface area (TPSA) is 67.2 Å². The number of nitrogens with two attached hydrogens (primary N) is 1. The quantitative estimate of drug-likeness (QED) is 0.742. The van der Waals surface area contributed by atoms with Crippen molar-refractivity contribution in [2.45, 2.75) is 38.1 Å². The number of hydrogen-bond donors (Lipinski definition) is 3. The predicted octanol–water partition coefficient (Wildman–Crippen LogP) is 3.70. The number of benzene rings is 1. The lowest BCUT2D eigenvalue weighted by molar-refractivity contribution is 0.227. The van der Waals surface area contributed by atoms with E-state index in [0.29, 0.717) is 21.6 Å². The molecule has 0 atom stereocenters. The van der Waals surface area contributed by atoms with Gasteiger partial charge in [0.1, 0.15) is 0 Å². The van der Waals surface area contributed by atoms with Crippen molar-refractivity contribution in [2.24, 2.45) is 11.7 Å².